The summed E-state index contributed by atoms with van der Waals surface area (Å²) in [6.45, 7) is 3.94. The highest BCUT2D eigenvalue weighted by Crippen LogP contribution is 2.18. The van der Waals surface area contributed by atoms with Crippen LogP contribution in [0.1, 0.15) is 82.3 Å². The molecule has 0 saturated carbocycles. The van der Waals surface area contributed by atoms with Gasteiger partial charge in [-0.2, -0.15) is 0 Å². The molecule has 1 aromatic rings. The molecule has 0 aliphatic heterocycles. The number of aromatic hydroxyl groups is 1. The zero-order chi connectivity index (χ0) is 20.1. The summed E-state index contributed by atoms with van der Waals surface area (Å²) >= 11 is 0. The van der Waals surface area contributed by atoms with Crippen molar-refractivity contribution < 1.29 is 19.8 Å². The molecule has 27 heavy (non-hydrogen) atoms. The molecule has 0 aliphatic carbocycles. The first-order valence-electron chi connectivity index (χ1n) is 9.98. The van der Waals surface area contributed by atoms with Crippen LogP contribution in [0.15, 0.2) is 23.9 Å². The molecule has 1 rings (SSSR count). The van der Waals surface area contributed by atoms with Crippen LogP contribution < -0.4 is 5.32 Å². The summed E-state index contributed by atoms with van der Waals surface area (Å²) < 4.78 is 0. The number of aliphatic carboxylic acids is 1. The van der Waals surface area contributed by atoms with Gasteiger partial charge in [-0.25, -0.2) is 4.79 Å². The van der Waals surface area contributed by atoms with E-state index in [9.17, 15) is 19.8 Å². The van der Waals surface area contributed by atoms with E-state index >= 15 is 0 Å². The van der Waals surface area contributed by atoms with Gasteiger partial charge in [0, 0.05) is 6.42 Å². The van der Waals surface area contributed by atoms with Crippen LogP contribution in [0.5, 0.6) is 5.75 Å². The minimum Gasteiger partial charge on any atom is -0.508 e. The van der Waals surface area contributed by atoms with Gasteiger partial charge < -0.3 is 15.5 Å². The molecule has 0 bridgehead atoms. The number of carboxylic acid groups (broad SMARTS) is 1. The van der Waals surface area contributed by atoms with E-state index in [1.165, 1.54) is 50.7 Å². The predicted molar refractivity (Wildman–Crippen MR) is 108 cm³/mol. The van der Waals surface area contributed by atoms with Crippen LogP contribution in [0.25, 0.3) is 6.08 Å². The normalized spacial score (nSPS) is 11.4. The Hall–Kier alpha value is -2.30. The minimum atomic E-state index is -1.18. The lowest BCUT2D eigenvalue weighted by Gasteiger charge is -2.07. The van der Waals surface area contributed by atoms with Crippen molar-refractivity contribution in [3.8, 4) is 5.75 Å². The number of amides is 1. The van der Waals surface area contributed by atoms with Crippen molar-refractivity contribution in [2.45, 2.75) is 78.1 Å². The van der Waals surface area contributed by atoms with E-state index in [-0.39, 0.29) is 17.4 Å². The third-order valence-electron chi connectivity index (χ3n) is 4.54. The zero-order valence-electron chi connectivity index (χ0n) is 16.6. The fraction of sp³-hybridized carbons (Fsp3) is 0.545. The molecule has 3 N–H and O–H groups in total. The highest BCUT2D eigenvalue weighted by Gasteiger charge is 2.12. The molecular weight excluding hydrogens is 342 g/mol. The summed E-state index contributed by atoms with van der Waals surface area (Å²) in [5.74, 6) is -1.30. The van der Waals surface area contributed by atoms with E-state index in [4.69, 9.17) is 0 Å². The first-order chi connectivity index (χ1) is 12.9. The molecule has 5 nitrogen and oxygen atoms in total. The molecule has 0 aromatic heterocycles. The van der Waals surface area contributed by atoms with Crippen LogP contribution in [0.4, 0.5) is 0 Å². The van der Waals surface area contributed by atoms with Gasteiger partial charge >= 0.3 is 5.97 Å². The van der Waals surface area contributed by atoms with Crippen molar-refractivity contribution in [3.05, 3.63) is 35.0 Å². The zero-order valence-corrected chi connectivity index (χ0v) is 16.6. The quantitative estimate of drug-likeness (QED) is 0.328. The monoisotopic (exact) mass is 375 g/mol. The Morgan fingerprint density at radius 3 is 2.15 bits per heavy atom. The Labute approximate surface area is 162 Å². The minimum absolute atomic E-state index is 0.151. The Balaban J connectivity index is 2.36. The number of nitrogens with one attached hydrogen (secondary N) is 1. The van der Waals surface area contributed by atoms with Gasteiger partial charge in [0.05, 0.1) is 0 Å². The van der Waals surface area contributed by atoms with Gasteiger partial charge in [-0.15, -0.1) is 0 Å². The van der Waals surface area contributed by atoms with Crippen LogP contribution in [0.3, 0.4) is 0 Å². The SMILES string of the molecule is CCCCCCCCCCCC(=O)NC(=Cc1ccc(O)c(C)c1)C(=O)O. The molecule has 150 valence electrons. The number of carboxylic acids is 1. The molecule has 0 spiro atoms. The summed E-state index contributed by atoms with van der Waals surface area (Å²) in [6.07, 6.45) is 12.2. The van der Waals surface area contributed by atoms with E-state index in [2.05, 4.69) is 12.2 Å². The van der Waals surface area contributed by atoms with Crippen molar-refractivity contribution in [3.63, 3.8) is 0 Å². The largest absolute Gasteiger partial charge is 0.508 e. The van der Waals surface area contributed by atoms with E-state index < -0.39 is 5.97 Å². The first-order valence-corrected chi connectivity index (χ1v) is 9.98. The highest BCUT2D eigenvalue weighted by atomic mass is 16.4. The van der Waals surface area contributed by atoms with E-state index in [0.717, 1.165) is 19.3 Å². The predicted octanol–water partition coefficient (Wildman–Crippen LogP) is 5.16. The molecule has 0 fully saturated rings. The summed E-state index contributed by atoms with van der Waals surface area (Å²) in [4.78, 5) is 23.4. The average molecular weight is 376 g/mol. The summed E-state index contributed by atoms with van der Waals surface area (Å²) in [5.41, 5.74) is 1.11. The number of rotatable bonds is 13. The number of unbranched alkanes of at least 4 members (excludes halogenated alkanes) is 8. The maximum Gasteiger partial charge on any atom is 0.352 e. The van der Waals surface area contributed by atoms with Gasteiger partial charge in [-0.3, -0.25) is 4.79 Å². The van der Waals surface area contributed by atoms with Crippen LogP contribution in [-0.4, -0.2) is 22.1 Å². The molecule has 0 unspecified atom stereocenters. The fourth-order valence-corrected chi connectivity index (χ4v) is 2.90. The molecule has 1 amide bonds. The lowest BCUT2D eigenvalue weighted by Crippen LogP contribution is -2.26. The van der Waals surface area contributed by atoms with Gasteiger partial charge in [-0.05, 0) is 42.7 Å². The first kappa shape index (κ1) is 22.7. The molecule has 0 saturated heterocycles. The molecule has 0 radical (unpaired) electrons. The van der Waals surface area contributed by atoms with Crippen LogP contribution >= 0.6 is 0 Å². The van der Waals surface area contributed by atoms with Crippen molar-refractivity contribution in [1.29, 1.82) is 0 Å². The topological polar surface area (TPSA) is 86.6 Å². The second-order valence-electron chi connectivity index (χ2n) is 7.04. The van der Waals surface area contributed by atoms with Crippen LogP contribution in [0.2, 0.25) is 0 Å². The summed E-state index contributed by atoms with van der Waals surface area (Å²) in [7, 11) is 0. The number of carbonyl (C=O) groups is 2. The maximum atomic E-state index is 12.0. The van der Waals surface area contributed by atoms with Gasteiger partial charge in [0.15, 0.2) is 0 Å². The van der Waals surface area contributed by atoms with Crippen molar-refractivity contribution in [2.24, 2.45) is 0 Å². The van der Waals surface area contributed by atoms with Crippen molar-refractivity contribution in [2.75, 3.05) is 0 Å². The number of hydrogen-bond acceptors (Lipinski definition) is 3. The lowest BCUT2D eigenvalue weighted by molar-refractivity contribution is -0.134. The molecular formula is C22H33NO4. The Bertz CT molecular complexity index is 637. The molecule has 0 heterocycles. The van der Waals surface area contributed by atoms with E-state index in [1.807, 2.05) is 0 Å². The van der Waals surface area contributed by atoms with Crippen molar-refractivity contribution >= 4 is 18.0 Å². The maximum absolute atomic E-state index is 12.0. The van der Waals surface area contributed by atoms with Crippen LogP contribution in [-0.2, 0) is 9.59 Å². The van der Waals surface area contributed by atoms with Gasteiger partial charge in [0.1, 0.15) is 11.4 Å². The Kier molecular flexibility index (Phi) is 10.9. The number of hydrogen-bond donors (Lipinski definition) is 3. The van der Waals surface area contributed by atoms with E-state index in [1.54, 1.807) is 19.1 Å². The molecule has 5 heteroatoms. The number of phenols is 1. The molecule has 0 atom stereocenters. The Morgan fingerprint density at radius 1 is 1.00 bits per heavy atom. The number of carbonyl (C=O) groups excluding carboxylic acids is 1. The third kappa shape index (κ3) is 9.83. The standard InChI is InChI=1S/C22H33NO4/c1-3-4-5-6-7-8-9-10-11-12-21(25)23-19(22(26)27)16-18-13-14-20(24)17(2)15-18/h13-16,24H,3-12H2,1-2H3,(H,23,25)(H,26,27). The average Bonchev–Trinajstić information content (AvgIpc) is 2.62. The fourth-order valence-electron chi connectivity index (χ4n) is 2.90. The highest BCUT2D eigenvalue weighted by molar-refractivity contribution is 5.96. The number of phenolic OH excluding ortho intramolecular Hbond substituents is 1. The van der Waals surface area contributed by atoms with Gasteiger partial charge in [-0.1, -0.05) is 64.4 Å². The second-order valence-corrected chi connectivity index (χ2v) is 7.04. The smallest absolute Gasteiger partial charge is 0.352 e. The van der Waals surface area contributed by atoms with Gasteiger partial charge in [0.2, 0.25) is 5.91 Å². The Morgan fingerprint density at radius 2 is 1.59 bits per heavy atom. The van der Waals surface area contributed by atoms with Crippen LogP contribution in [0, 0.1) is 6.92 Å². The van der Waals surface area contributed by atoms with Gasteiger partial charge in [0.25, 0.3) is 0 Å². The lowest BCUT2D eigenvalue weighted by atomic mass is 10.1. The third-order valence-corrected chi connectivity index (χ3v) is 4.54. The number of aryl methyl sites for hydroxylation is 1. The summed E-state index contributed by atoms with van der Waals surface area (Å²) in [5, 5.41) is 21.3. The summed E-state index contributed by atoms with van der Waals surface area (Å²) in [6, 6.07) is 4.79. The molecule has 1 aromatic carbocycles. The van der Waals surface area contributed by atoms with E-state index in [0.29, 0.717) is 17.5 Å². The second kappa shape index (κ2) is 13.0. The van der Waals surface area contributed by atoms with Crippen molar-refractivity contribution in [1.82, 2.24) is 5.32 Å². The number of benzene rings is 1. The molecule has 0 aliphatic rings.